The maximum absolute atomic E-state index is 4.99. The van der Waals surface area contributed by atoms with E-state index in [9.17, 15) is 0 Å². The van der Waals surface area contributed by atoms with Crippen molar-refractivity contribution in [1.82, 2.24) is 10.3 Å². The summed E-state index contributed by atoms with van der Waals surface area (Å²) in [6.45, 7) is 2.80. The summed E-state index contributed by atoms with van der Waals surface area (Å²) in [5.41, 5.74) is 1.22. The number of methoxy groups -OCH3 is 1. The third kappa shape index (κ3) is 3.27. The number of pyridine rings is 1. The standard InChI is InChI=1S/C12H17BrN2O/c1-16-5-4-14-7-9-6-11(9)12-3-2-10(13)8-15-12/h2-3,8-9,11,14H,4-7H2,1H3. The fraction of sp³-hybridized carbons (Fsp3) is 0.583. The average molecular weight is 285 g/mol. The van der Waals surface area contributed by atoms with Crippen LogP contribution in [0.15, 0.2) is 22.8 Å². The van der Waals surface area contributed by atoms with Gasteiger partial charge in [-0.25, -0.2) is 0 Å². The van der Waals surface area contributed by atoms with Crippen LogP contribution in [0.1, 0.15) is 18.0 Å². The van der Waals surface area contributed by atoms with Crippen molar-refractivity contribution in [1.29, 1.82) is 0 Å². The summed E-state index contributed by atoms with van der Waals surface area (Å²) in [6, 6.07) is 4.18. The van der Waals surface area contributed by atoms with E-state index in [2.05, 4.69) is 38.4 Å². The van der Waals surface area contributed by atoms with Gasteiger partial charge in [-0.05, 0) is 46.9 Å². The second-order valence-corrected chi connectivity index (χ2v) is 5.12. The minimum absolute atomic E-state index is 0.656. The van der Waals surface area contributed by atoms with Gasteiger partial charge >= 0.3 is 0 Å². The van der Waals surface area contributed by atoms with Gasteiger partial charge in [-0.2, -0.15) is 0 Å². The lowest BCUT2D eigenvalue weighted by Crippen LogP contribution is -2.21. The van der Waals surface area contributed by atoms with Gasteiger partial charge in [0.1, 0.15) is 0 Å². The molecule has 16 heavy (non-hydrogen) atoms. The van der Waals surface area contributed by atoms with Gasteiger partial charge in [-0.15, -0.1) is 0 Å². The first kappa shape index (κ1) is 12.0. The minimum Gasteiger partial charge on any atom is -0.383 e. The Morgan fingerprint density at radius 2 is 2.44 bits per heavy atom. The molecule has 1 heterocycles. The third-order valence-electron chi connectivity index (χ3n) is 2.94. The molecule has 0 radical (unpaired) electrons. The van der Waals surface area contributed by atoms with Gasteiger partial charge < -0.3 is 10.1 Å². The number of nitrogens with zero attached hydrogens (tertiary/aromatic N) is 1. The van der Waals surface area contributed by atoms with Crippen molar-refractivity contribution in [3.8, 4) is 0 Å². The fourth-order valence-electron chi connectivity index (χ4n) is 1.90. The van der Waals surface area contributed by atoms with E-state index >= 15 is 0 Å². The van der Waals surface area contributed by atoms with Crippen LogP contribution in [0.2, 0.25) is 0 Å². The smallest absolute Gasteiger partial charge is 0.0587 e. The van der Waals surface area contributed by atoms with E-state index in [4.69, 9.17) is 4.74 Å². The van der Waals surface area contributed by atoms with Gasteiger partial charge in [0, 0.05) is 35.9 Å². The van der Waals surface area contributed by atoms with Crippen LogP contribution in [0.25, 0.3) is 0 Å². The Hall–Kier alpha value is -0.450. The van der Waals surface area contributed by atoms with E-state index in [1.165, 1.54) is 12.1 Å². The molecule has 2 rings (SSSR count). The molecule has 0 bridgehead atoms. The second-order valence-electron chi connectivity index (χ2n) is 4.20. The average Bonchev–Trinajstić information content (AvgIpc) is 3.05. The lowest BCUT2D eigenvalue weighted by Gasteiger charge is -2.03. The van der Waals surface area contributed by atoms with E-state index in [1.54, 1.807) is 7.11 Å². The van der Waals surface area contributed by atoms with E-state index < -0.39 is 0 Å². The number of hydrogen-bond acceptors (Lipinski definition) is 3. The number of hydrogen-bond donors (Lipinski definition) is 1. The fourth-order valence-corrected chi connectivity index (χ4v) is 2.14. The van der Waals surface area contributed by atoms with Crippen molar-refractivity contribution in [3.63, 3.8) is 0 Å². The first-order valence-electron chi connectivity index (χ1n) is 5.62. The monoisotopic (exact) mass is 284 g/mol. The Balaban J connectivity index is 1.72. The molecule has 0 saturated heterocycles. The predicted molar refractivity (Wildman–Crippen MR) is 67.5 cm³/mol. The quantitative estimate of drug-likeness (QED) is 0.813. The lowest BCUT2D eigenvalue weighted by atomic mass is 10.2. The molecule has 2 unspecified atom stereocenters. The van der Waals surface area contributed by atoms with Crippen LogP contribution in [0.4, 0.5) is 0 Å². The van der Waals surface area contributed by atoms with E-state index in [1.807, 2.05) is 6.20 Å². The van der Waals surface area contributed by atoms with Crippen molar-refractivity contribution in [2.75, 3.05) is 26.8 Å². The van der Waals surface area contributed by atoms with E-state index in [-0.39, 0.29) is 0 Å². The van der Waals surface area contributed by atoms with Crippen LogP contribution in [-0.4, -0.2) is 31.8 Å². The van der Waals surface area contributed by atoms with E-state index in [0.29, 0.717) is 5.92 Å². The maximum Gasteiger partial charge on any atom is 0.0587 e. The van der Waals surface area contributed by atoms with Crippen LogP contribution in [0.5, 0.6) is 0 Å². The highest BCUT2D eigenvalue weighted by Gasteiger charge is 2.38. The second kappa shape index (κ2) is 5.75. The molecular weight excluding hydrogens is 268 g/mol. The predicted octanol–water partition coefficient (Wildman–Crippen LogP) is 2.18. The summed E-state index contributed by atoms with van der Waals surface area (Å²) < 4.78 is 6.04. The SMILES string of the molecule is COCCNCC1CC1c1ccc(Br)cn1. The highest BCUT2D eigenvalue weighted by atomic mass is 79.9. The zero-order valence-corrected chi connectivity index (χ0v) is 11.0. The molecule has 1 aliphatic rings. The van der Waals surface area contributed by atoms with Crippen molar-refractivity contribution in [2.45, 2.75) is 12.3 Å². The maximum atomic E-state index is 4.99. The van der Waals surface area contributed by atoms with Crippen molar-refractivity contribution in [2.24, 2.45) is 5.92 Å². The molecule has 1 aromatic heterocycles. The third-order valence-corrected chi connectivity index (χ3v) is 3.41. The zero-order valence-electron chi connectivity index (χ0n) is 9.45. The summed E-state index contributed by atoms with van der Waals surface area (Å²) in [7, 11) is 1.73. The highest BCUT2D eigenvalue weighted by Crippen LogP contribution is 2.46. The molecule has 0 aliphatic heterocycles. The van der Waals surface area contributed by atoms with Crippen LogP contribution in [0.3, 0.4) is 0 Å². The number of halogens is 1. The molecule has 3 nitrogen and oxygen atoms in total. The molecule has 1 aliphatic carbocycles. The summed E-state index contributed by atoms with van der Waals surface area (Å²) in [6.07, 6.45) is 3.14. The molecule has 1 N–H and O–H groups in total. The van der Waals surface area contributed by atoms with Gasteiger partial charge in [0.25, 0.3) is 0 Å². The number of rotatable bonds is 6. The van der Waals surface area contributed by atoms with Crippen LogP contribution in [-0.2, 0) is 4.74 Å². The van der Waals surface area contributed by atoms with Crippen LogP contribution in [0, 0.1) is 5.92 Å². The number of aromatic nitrogens is 1. The molecule has 1 aromatic rings. The highest BCUT2D eigenvalue weighted by molar-refractivity contribution is 9.10. The Kier molecular flexibility index (Phi) is 4.32. The van der Waals surface area contributed by atoms with Crippen LogP contribution >= 0.6 is 15.9 Å². The summed E-state index contributed by atoms with van der Waals surface area (Å²) in [4.78, 5) is 4.44. The molecule has 2 atom stereocenters. The Labute approximate surface area is 105 Å². The van der Waals surface area contributed by atoms with Gasteiger partial charge in [0.15, 0.2) is 0 Å². The van der Waals surface area contributed by atoms with Crippen molar-refractivity contribution < 1.29 is 4.74 Å². The molecule has 1 fully saturated rings. The van der Waals surface area contributed by atoms with Crippen molar-refractivity contribution >= 4 is 15.9 Å². The molecule has 88 valence electrons. The molecule has 4 heteroatoms. The summed E-state index contributed by atoms with van der Waals surface area (Å²) in [5, 5.41) is 3.40. The van der Waals surface area contributed by atoms with Gasteiger partial charge in [-0.3, -0.25) is 4.98 Å². The molecule has 0 amide bonds. The van der Waals surface area contributed by atoms with Gasteiger partial charge in [0.2, 0.25) is 0 Å². The zero-order chi connectivity index (χ0) is 11.4. The van der Waals surface area contributed by atoms with Crippen LogP contribution < -0.4 is 5.32 Å². The lowest BCUT2D eigenvalue weighted by molar-refractivity contribution is 0.199. The normalized spacial score (nSPS) is 23.4. The number of nitrogens with one attached hydrogen (secondary N) is 1. The molecule has 0 aromatic carbocycles. The van der Waals surface area contributed by atoms with Gasteiger partial charge in [0.05, 0.1) is 6.61 Å². The Bertz CT molecular complexity index is 328. The topological polar surface area (TPSA) is 34.1 Å². The molecular formula is C12H17BrN2O. The van der Waals surface area contributed by atoms with Gasteiger partial charge in [-0.1, -0.05) is 0 Å². The van der Waals surface area contributed by atoms with Crippen molar-refractivity contribution in [3.05, 3.63) is 28.5 Å². The first-order valence-corrected chi connectivity index (χ1v) is 6.41. The number of ether oxygens (including phenoxy) is 1. The summed E-state index contributed by atoms with van der Waals surface area (Å²) in [5.74, 6) is 1.41. The summed E-state index contributed by atoms with van der Waals surface area (Å²) >= 11 is 3.40. The molecule has 0 spiro atoms. The van der Waals surface area contributed by atoms with E-state index in [0.717, 1.165) is 30.1 Å². The first-order chi connectivity index (χ1) is 7.81. The Morgan fingerprint density at radius 3 is 3.12 bits per heavy atom. The largest absolute Gasteiger partial charge is 0.383 e. The minimum atomic E-state index is 0.656. The molecule has 1 saturated carbocycles. The Morgan fingerprint density at radius 1 is 1.56 bits per heavy atom.